The topological polar surface area (TPSA) is 84.6 Å². The lowest BCUT2D eigenvalue weighted by Gasteiger charge is -2.11. The molecule has 0 bridgehead atoms. The lowest BCUT2D eigenvalue weighted by molar-refractivity contribution is 0.0685. The molecule has 0 aliphatic rings. The Kier molecular flexibility index (Phi) is 4.94. The minimum absolute atomic E-state index is 0.0748. The largest absolute Gasteiger partial charge is 0.476 e. The SMILES string of the molecule is CCOCC(C)NCc1cc(C(=O)O)no1. The summed E-state index contributed by atoms with van der Waals surface area (Å²) in [6, 6.07) is 1.58. The molecule has 1 rings (SSSR count). The number of nitrogens with zero attached hydrogens (tertiary/aromatic N) is 1. The molecule has 0 amide bonds. The van der Waals surface area contributed by atoms with Crippen LogP contribution in [-0.2, 0) is 11.3 Å². The lowest BCUT2D eigenvalue weighted by atomic mass is 10.3. The predicted molar refractivity (Wildman–Crippen MR) is 56.3 cm³/mol. The van der Waals surface area contributed by atoms with Crippen LogP contribution in [0, 0.1) is 0 Å². The molecule has 90 valence electrons. The average Bonchev–Trinajstić information content (AvgIpc) is 2.72. The van der Waals surface area contributed by atoms with E-state index in [9.17, 15) is 4.79 Å². The summed E-state index contributed by atoms with van der Waals surface area (Å²) in [7, 11) is 0. The third kappa shape index (κ3) is 4.00. The number of aromatic nitrogens is 1. The number of carboxylic acids is 1. The van der Waals surface area contributed by atoms with Gasteiger partial charge in [0.1, 0.15) is 0 Å². The van der Waals surface area contributed by atoms with Crippen molar-refractivity contribution in [1.82, 2.24) is 10.5 Å². The molecule has 16 heavy (non-hydrogen) atoms. The fraction of sp³-hybridized carbons (Fsp3) is 0.600. The molecule has 6 nitrogen and oxygen atoms in total. The summed E-state index contributed by atoms with van der Waals surface area (Å²) in [6.45, 7) is 5.63. The van der Waals surface area contributed by atoms with Crippen LogP contribution in [-0.4, -0.2) is 35.5 Å². The molecule has 6 heteroatoms. The van der Waals surface area contributed by atoms with Gasteiger partial charge in [-0.25, -0.2) is 4.79 Å². The Morgan fingerprint density at radius 1 is 1.75 bits per heavy atom. The van der Waals surface area contributed by atoms with Gasteiger partial charge in [0.2, 0.25) is 0 Å². The third-order valence-corrected chi connectivity index (χ3v) is 1.97. The normalized spacial score (nSPS) is 12.6. The molecule has 0 aromatic carbocycles. The van der Waals surface area contributed by atoms with E-state index in [1.54, 1.807) is 0 Å². The quantitative estimate of drug-likeness (QED) is 0.720. The summed E-state index contributed by atoms with van der Waals surface area (Å²) < 4.78 is 10.1. The smallest absolute Gasteiger partial charge is 0.358 e. The van der Waals surface area contributed by atoms with Gasteiger partial charge >= 0.3 is 5.97 Å². The van der Waals surface area contributed by atoms with Gasteiger partial charge in [-0.3, -0.25) is 0 Å². The first-order valence-corrected chi connectivity index (χ1v) is 5.13. The van der Waals surface area contributed by atoms with Crippen molar-refractivity contribution in [2.75, 3.05) is 13.2 Å². The van der Waals surface area contributed by atoms with Gasteiger partial charge in [0, 0.05) is 18.7 Å². The summed E-state index contributed by atoms with van der Waals surface area (Å²) in [6.07, 6.45) is 0. The van der Waals surface area contributed by atoms with Crippen LogP contribution in [0.3, 0.4) is 0 Å². The molecule has 1 aromatic rings. The van der Waals surface area contributed by atoms with Crippen molar-refractivity contribution >= 4 is 5.97 Å². The Labute approximate surface area is 93.6 Å². The molecule has 1 heterocycles. The van der Waals surface area contributed by atoms with Crippen LogP contribution in [0.2, 0.25) is 0 Å². The molecule has 0 radical (unpaired) electrons. The van der Waals surface area contributed by atoms with Crippen LogP contribution < -0.4 is 5.32 Å². The van der Waals surface area contributed by atoms with Crippen molar-refractivity contribution in [1.29, 1.82) is 0 Å². The summed E-state index contributed by atoms with van der Waals surface area (Å²) in [5.74, 6) is -0.585. The molecule has 1 unspecified atom stereocenters. The van der Waals surface area contributed by atoms with Crippen molar-refractivity contribution in [3.8, 4) is 0 Å². The molecule has 1 atom stereocenters. The van der Waals surface area contributed by atoms with Gasteiger partial charge in [-0.2, -0.15) is 0 Å². The van der Waals surface area contributed by atoms with E-state index < -0.39 is 5.97 Å². The van der Waals surface area contributed by atoms with E-state index in [4.69, 9.17) is 14.4 Å². The maximum absolute atomic E-state index is 10.5. The van der Waals surface area contributed by atoms with Gasteiger partial charge in [-0.1, -0.05) is 5.16 Å². The molecular weight excluding hydrogens is 212 g/mol. The zero-order valence-electron chi connectivity index (χ0n) is 9.40. The van der Waals surface area contributed by atoms with Crippen LogP contribution in [0.15, 0.2) is 10.6 Å². The number of carboxylic acid groups (broad SMARTS) is 1. The summed E-state index contributed by atoms with van der Waals surface area (Å²) >= 11 is 0. The Balaban J connectivity index is 2.33. The zero-order chi connectivity index (χ0) is 12.0. The first-order valence-electron chi connectivity index (χ1n) is 5.13. The van der Waals surface area contributed by atoms with E-state index in [1.165, 1.54) is 6.07 Å². The van der Waals surface area contributed by atoms with Gasteiger partial charge in [0.25, 0.3) is 0 Å². The summed E-state index contributed by atoms with van der Waals surface area (Å²) in [5.41, 5.74) is -0.0748. The van der Waals surface area contributed by atoms with Gasteiger partial charge < -0.3 is 19.7 Å². The molecule has 0 aliphatic carbocycles. The van der Waals surface area contributed by atoms with Gasteiger partial charge in [0.15, 0.2) is 11.5 Å². The predicted octanol–water partition coefficient (Wildman–Crippen LogP) is 0.887. The van der Waals surface area contributed by atoms with Gasteiger partial charge in [0.05, 0.1) is 13.2 Å². The number of ether oxygens (including phenoxy) is 1. The zero-order valence-corrected chi connectivity index (χ0v) is 9.40. The highest BCUT2D eigenvalue weighted by molar-refractivity contribution is 5.85. The number of nitrogens with one attached hydrogen (secondary N) is 1. The summed E-state index contributed by atoms with van der Waals surface area (Å²) in [4.78, 5) is 10.5. The molecule has 0 spiro atoms. The van der Waals surface area contributed by atoms with E-state index in [2.05, 4.69) is 10.5 Å². The Hall–Kier alpha value is -1.40. The van der Waals surface area contributed by atoms with Gasteiger partial charge in [-0.15, -0.1) is 0 Å². The van der Waals surface area contributed by atoms with Crippen molar-refractivity contribution in [2.45, 2.75) is 26.4 Å². The molecule has 0 saturated heterocycles. The van der Waals surface area contributed by atoms with Crippen molar-refractivity contribution in [2.24, 2.45) is 0 Å². The van der Waals surface area contributed by atoms with E-state index in [0.29, 0.717) is 25.5 Å². The summed E-state index contributed by atoms with van der Waals surface area (Å²) in [5, 5.41) is 15.2. The lowest BCUT2D eigenvalue weighted by Crippen LogP contribution is -2.29. The number of hydrogen-bond donors (Lipinski definition) is 2. The number of carbonyl (C=O) groups is 1. The molecular formula is C10H16N2O4. The van der Waals surface area contributed by atoms with Crippen LogP contribution in [0.25, 0.3) is 0 Å². The second kappa shape index (κ2) is 6.24. The second-order valence-corrected chi connectivity index (χ2v) is 3.43. The second-order valence-electron chi connectivity index (χ2n) is 3.43. The number of rotatable bonds is 7. The molecule has 2 N–H and O–H groups in total. The molecule has 0 fully saturated rings. The van der Waals surface area contributed by atoms with Crippen LogP contribution in [0.1, 0.15) is 30.1 Å². The fourth-order valence-corrected chi connectivity index (χ4v) is 1.13. The Bertz CT molecular complexity index is 337. The molecule has 0 aliphatic heterocycles. The number of hydrogen-bond acceptors (Lipinski definition) is 5. The van der Waals surface area contributed by atoms with E-state index >= 15 is 0 Å². The third-order valence-electron chi connectivity index (χ3n) is 1.97. The maximum Gasteiger partial charge on any atom is 0.358 e. The van der Waals surface area contributed by atoms with Crippen molar-refractivity contribution in [3.63, 3.8) is 0 Å². The van der Waals surface area contributed by atoms with Gasteiger partial charge in [-0.05, 0) is 13.8 Å². The van der Waals surface area contributed by atoms with E-state index in [-0.39, 0.29) is 11.7 Å². The first kappa shape index (κ1) is 12.7. The highest BCUT2D eigenvalue weighted by Gasteiger charge is 2.11. The van der Waals surface area contributed by atoms with Crippen LogP contribution >= 0.6 is 0 Å². The van der Waals surface area contributed by atoms with E-state index in [0.717, 1.165) is 0 Å². The van der Waals surface area contributed by atoms with Crippen molar-refractivity contribution in [3.05, 3.63) is 17.5 Å². The van der Waals surface area contributed by atoms with E-state index in [1.807, 2.05) is 13.8 Å². The standard InChI is InChI=1S/C10H16N2O4/c1-3-15-6-7(2)11-5-8-4-9(10(13)14)12-16-8/h4,7,11H,3,5-6H2,1-2H3,(H,13,14). The highest BCUT2D eigenvalue weighted by Crippen LogP contribution is 2.03. The number of aromatic carboxylic acids is 1. The van der Waals surface area contributed by atoms with Crippen LogP contribution in [0.4, 0.5) is 0 Å². The van der Waals surface area contributed by atoms with Crippen molar-refractivity contribution < 1.29 is 19.2 Å². The maximum atomic E-state index is 10.5. The molecule has 1 aromatic heterocycles. The Morgan fingerprint density at radius 2 is 2.50 bits per heavy atom. The first-order chi connectivity index (χ1) is 7.63. The minimum Gasteiger partial charge on any atom is -0.476 e. The average molecular weight is 228 g/mol. The Morgan fingerprint density at radius 3 is 3.06 bits per heavy atom. The highest BCUT2D eigenvalue weighted by atomic mass is 16.5. The minimum atomic E-state index is -1.09. The molecule has 0 saturated carbocycles. The fourth-order valence-electron chi connectivity index (χ4n) is 1.13. The van der Waals surface area contributed by atoms with Crippen LogP contribution in [0.5, 0.6) is 0 Å². The monoisotopic (exact) mass is 228 g/mol.